The molecule has 94 valence electrons. The van der Waals surface area contributed by atoms with Crippen LogP contribution in [0.15, 0.2) is 18.2 Å². The van der Waals surface area contributed by atoms with Crippen molar-refractivity contribution in [3.05, 3.63) is 23.8 Å². The number of primary amides is 1. The molecule has 1 amide bonds. The van der Waals surface area contributed by atoms with Crippen LogP contribution in [0.1, 0.15) is 31.1 Å². The van der Waals surface area contributed by atoms with Crippen molar-refractivity contribution in [2.45, 2.75) is 20.8 Å². The molecule has 0 aliphatic heterocycles. The van der Waals surface area contributed by atoms with Gasteiger partial charge in [-0.1, -0.05) is 26.8 Å². The Morgan fingerprint density at radius 2 is 1.94 bits per heavy atom. The van der Waals surface area contributed by atoms with Gasteiger partial charge in [-0.05, 0) is 17.5 Å². The average molecular weight is 235 g/mol. The SMILES string of the molecule is CN(CC(C)(C)C)c1cccc(C(N)=O)c1N. The predicted octanol–water partition coefficient (Wildman–Crippen LogP) is 1.85. The van der Waals surface area contributed by atoms with Crippen LogP contribution in [-0.2, 0) is 0 Å². The predicted molar refractivity (Wildman–Crippen MR) is 72.1 cm³/mol. The van der Waals surface area contributed by atoms with Gasteiger partial charge in [-0.2, -0.15) is 0 Å². The number of anilines is 2. The number of para-hydroxylation sites is 1. The van der Waals surface area contributed by atoms with Gasteiger partial charge in [0.2, 0.25) is 0 Å². The fourth-order valence-corrected chi connectivity index (χ4v) is 1.90. The molecule has 0 bridgehead atoms. The van der Waals surface area contributed by atoms with Crippen molar-refractivity contribution >= 4 is 17.3 Å². The number of nitrogen functional groups attached to an aromatic ring is 1. The monoisotopic (exact) mass is 235 g/mol. The summed E-state index contributed by atoms with van der Waals surface area (Å²) in [6, 6.07) is 5.34. The van der Waals surface area contributed by atoms with Gasteiger partial charge in [-0.25, -0.2) is 0 Å². The largest absolute Gasteiger partial charge is 0.396 e. The molecule has 0 saturated heterocycles. The molecule has 4 nitrogen and oxygen atoms in total. The summed E-state index contributed by atoms with van der Waals surface area (Å²) in [6.07, 6.45) is 0. The van der Waals surface area contributed by atoms with Crippen molar-refractivity contribution in [2.75, 3.05) is 24.2 Å². The minimum atomic E-state index is -0.492. The lowest BCUT2D eigenvalue weighted by Crippen LogP contribution is -2.30. The van der Waals surface area contributed by atoms with Gasteiger partial charge in [0.15, 0.2) is 0 Å². The van der Waals surface area contributed by atoms with Gasteiger partial charge >= 0.3 is 0 Å². The summed E-state index contributed by atoms with van der Waals surface area (Å²) >= 11 is 0. The lowest BCUT2D eigenvalue weighted by Gasteiger charge is -2.29. The first kappa shape index (κ1) is 13.4. The summed E-state index contributed by atoms with van der Waals surface area (Å²) in [7, 11) is 1.96. The fourth-order valence-electron chi connectivity index (χ4n) is 1.90. The van der Waals surface area contributed by atoms with Crippen molar-refractivity contribution in [2.24, 2.45) is 11.1 Å². The van der Waals surface area contributed by atoms with Crippen LogP contribution in [0.5, 0.6) is 0 Å². The summed E-state index contributed by atoms with van der Waals surface area (Å²) in [4.78, 5) is 13.2. The van der Waals surface area contributed by atoms with Crippen LogP contribution >= 0.6 is 0 Å². The van der Waals surface area contributed by atoms with E-state index in [1.54, 1.807) is 12.1 Å². The molecule has 1 aromatic rings. The van der Waals surface area contributed by atoms with Crippen molar-refractivity contribution < 1.29 is 4.79 Å². The third-order valence-corrected chi connectivity index (χ3v) is 2.47. The molecular weight excluding hydrogens is 214 g/mol. The van der Waals surface area contributed by atoms with Crippen molar-refractivity contribution in [1.29, 1.82) is 0 Å². The topological polar surface area (TPSA) is 72.3 Å². The standard InChI is InChI=1S/C13H21N3O/c1-13(2,3)8-16(4)10-7-5-6-9(11(10)14)12(15)17/h5-7H,8,14H2,1-4H3,(H2,15,17). The highest BCUT2D eigenvalue weighted by Gasteiger charge is 2.17. The number of amides is 1. The lowest BCUT2D eigenvalue weighted by molar-refractivity contribution is 0.100. The van der Waals surface area contributed by atoms with E-state index < -0.39 is 5.91 Å². The fraction of sp³-hybridized carbons (Fsp3) is 0.462. The summed E-state index contributed by atoms with van der Waals surface area (Å²) in [5, 5.41) is 0. The van der Waals surface area contributed by atoms with E-state index >= 15 is 0 Å². The number of carbonyl (C=O) groups is 1. The lowest BCUT2D eigenvalue weighted by atomic mass is 9.96. The molecule has 0 heterocycles. The number of hydrogen-bond donors (Lipinski definition) is 2. The summed E-state index contributed by atoms with van der Waals surface area (Å²) in [6.45, 7) is 7.30. The molecule has 4 N–H and O–H groups in total. The normalized spacial score (nSPS) is 11.3. The first-order valence-corrected chi connectivity index (χ1v) is 5.62. The van der Waals surface area contributed by atoms with E-state index in [2.05, 4.69) is 20.8 Å². The molecule has 0 atom stereocenters. The van der Waals surface area contributed by atoms with E-state index in [0.29, 0.717) is 11.3 Å². The van der Waals surface area contributed by atoms with Crippen molar-refractivity contribution in [3.63, 3.8) is 0 Å². The van der Waals surface area contributed by atoms with E-state index in [1.807, 2.05) is 18.0 Å². The van der Waals surface area contributed by atoms with E-state index in [-0.39, 0.29) is 5.41 Å². The maximum Gasteiger partial charge on any atom is 0.250 e. The molecular formula is C13H21N3O. The third-order valence-electron chi connectivity index (χ3n) is 2.47. The summed E-state index contributed by atoms with van der Waals surface area (Å²) < 4.78 is 0. The summed E-state index contributed by atoms with van der Waals surface area (Å²) in [5.74, 6) is -0.492. The summed E-state index contributed by atoms with van der Waals surface area (Å²) in [5.41, 5.74) is 13.1. The average Bonchev–Trinajstić information content (AvgIpc) is 2.14. The number of benzene rings is 1. The van der Waals surface area contributed by atoms with Gasteiger partial charge in [0, 0.05) is 13.6 Å². The van der Waals surface area contributed by atoms with Crippen LogP contribution in [0, 0.1) is 5.41 Å². The van der Waals surface area contributed by atoms with Crippen LogP contribution in [0.4, 0.5) is 11.4 Å². The number of nitrogens with two attached hydrogens (primary N) is 2. The van der Waals surface area contributed by atoms with Crippen molar-refractivity contribution in [1.82, 2.24) is 0 Å². The molecule has 17 heavy (non-hydrogen) atoms. The zero-order valence-electron chi connectivity index (χ0n) is 10.9. The molecule has 0 unspecified atom stereocenters. The highest BCUT2D eigenvalue weighted by molar-refractivity contribution is 6.00. The Balaban J connectivity index is 3.07. The van der Waals surface area contributed by atoms with Gasteiger partial charge in [0.05, 0.1) is 16.9 Å². The Bertz CT molecular complexity index is 421. The minimum Gasteiger partial charge on any atom is -0.396 e. The van der Waals surface area contributed by atoms with Gasteiger partial charge in [0.25, 0.3) is 5.91 Å². The highest BCUT2D eigenvalue weighted by Crippen LogP contribution is 2.28. The van der Waals surface area contributed by atoms with E-state index in [4.69, 9.17) is 11.5 Å². The quantitative estimate of drug-likeness (QED) is 0.785. The van der Waals surface area contributed by atoms with E-state index in [0.717, 1.165) is 12.2 Å². The molecule has 0 spiro atoms. The number of rotatable bonds is 3. The molecule has 0 aliphatic rings. The second kappa shape index (κ2) is 4.65. The molecule has 1 rings (SSSR count). The molecule has 0 radical (unpaired) electrons. The Hall–Kier alpha value is -1.71. The number of carbonyl (C=O) groups excluding carboxylic acids is 1. The van der Waals surface area contributed by atoms with Gasteiger partial charge in [0.1, 0.15) is 0 Å². The maximum atomic E-state index is 11.2. The Kier molecular flexibility index (Phi) is 3.66. The number of hydrogen-bond acceptors (Lipinski definition) is 3. The van der Waals surface area contributed by atoms with Crippen LogP contribution in [0.25, 0.3) is 0 Å². The van der Waals surface area contributed by atoms with Crippen LogP contribution in [0.3, 0.4) is 0 Å². The van der Waals surface area contributed by atoms with Gasteiger partial charge < -0.3 is 16.4 Å². The molecule has 4 heteroatoms. The highest BCUT2D eigenvalue weighted by atomic mass is 16.1. The van der Waals surface area contributed by atoms with Gasteiger partial charge in [-0.15, -0.1) is 0 Å². The zero-order chi connectivity index (χ0) is 13.2. The molecule has 0 saturated carbocycles. The Labute approximate surface area is 103 Å². The van der Waals surface area contributed by atoms with E-state index in [9.17, 15) is 4.79 Å². The maximum absolute atomic E-state index is 11.2. The van der Waals surface area contributed by atoms with Crippen LogP contribution in [-0.4, -0.2) is 19.5 Å². The zero-order valence-corrected chi connectivity index (χ0v) is 10.9. The first-order valence-electron chi connectivity index (χ1n) is 5.62. The molecule has 0 fully saturated rings. The van der Waals surface area contributed by atoms with Crippen LogP contribution in [0.2, 0.25) is 0 Å². The number of nitrogens with zero attached hydrogens (tertiary/aromatic N) is 1. The smallest absolute Gasteiger partial charge is 0.250 e. The Morgan fingerprint density at radius 3 is 2.41 bits per heavy atom. The molecule has 0 aromatic heterocycles. The Morgan fingerprint density at radius 1 is 1.35 bits per heavy atom. The molecule has 0 aliphatic carbocycles. The second-order valence-electron chi connectivity index (χ2n) is 5.52. The molecule has 1 aromatic carbocycles. The minimum absolute atomic E-state index is 0.157. The van der Waals surface area contributed by atoms with Gasteiger partial charge in [-0.3, -0.25) is 4.79 Å². The van der Waals surface area contributed by atoms with E-state index in [1.165, 1.54) is 0 Å². The van der Waals surface area contributed by atoms with Crippen molar-refractivity contribution in [3.8, 4) is 0 Å². The van der Waals surface area contributed by atoms with Crippen LogP contribution < -0.4 is 16.4 Å². The second-order valence-corrected chi connectivity index (χ2v) is 5.52. The first-order chi connectivity index (χ1) is 7.72. The third kappa shape index (κ3) is 3.37.